The molecule has 0 aliphatic carbocycles. The average Bonchev–Trinajstić information content (AvgIpc) is 2.46. The SMILES string of the molecule is CC(CS(=O)(=O)c1ccc(C#CCCO)cc1)C(=O)NO. The Balaban J connectivity index is 2.86. The molecule has 0 saturated carbocycles. The van der Waals surface area contributed by atoms with Crippen molar-refractivity contribution in [3.8, 4) is 11.8 Å². The highest BCUT2D eigenvalue weighted by Crippen LogP contribution is 2.15. The maximum atomic E-state index is 12.1. The molecule has 21 heavy (non-hydrogen) atoms. The Labute approximate surface area is 123 Å². The lowest BCUT2D eigenvalue weighted by molar-refractivity contribution is -0.132. The number of hydrogen-bond acceptors (Lipinski definition) is 5. The van der Waals surface area contributed by atoms with Crippen molar-refractivity contribution in [2.24, 2.45) is 5.92 Å². The minimum atomic E-state index is -3.62. The maximum Gasteiger partial charge on any atom is 0.247 e. The summed E-state index contributed by atoms with van der Waals surface area (Å²) in [4.78, 5) is 11.2. The van der Waals surface area contributed by atoms with Gasteiger partial charge in [-0.05, 0) is 24.3 Å². The van der Waals surface area contributed by atoms with Crippen LogP contribution in [0.2, 0.25) is 0 Å². The molecule has 3 N–H and O–H groups in total. The van der Waals surface area contributed by atoms with Gasteiger partial charge in [-0.2, -0.15) is 0 Å². The molecule has 0 heterocycles. The zero-order valence-corrected chi connectivity index (χ0v) is 12.4. The normalized spacial score (nSPS) is 12.1. The second-order valence-electron chi connectivity index (χ2n) is 4.46. The summed E-state index contributed by atoms with van der Waals surface area (Å²) in [6, 6.07) is 5.96. The van der Waals surface area contributed by atoms with Gasteiger partial charge in [0.1, 0.15) is 0 Å². The predicted molar refractivity (Wildman–Crippen MR) is 76.2 cm³/mol. The molecule has 1 amide bonds. The second-order valence-corrected chi connectivity index (χ2v) is 6.49. The first kappa shape index (κ1) is 17.2. The van der Waals surface area contributed by atoms with Crippen LogP contribution in [0.5, 0.6) is 0 Å². The zero-order valence-electron chi connectivity index (χ0n) is 11.5. The highest BCUT2D eigenvalue weighted by molar-refractivity contribution is 7.91. The Morgan fingerprint density at radius 2 is 1.95 bits per heavy atom. The quantitative estimate of drug-likeness (QED) is 0.413. The van der Waals surface area contributed by atoms with E-state index < -0.39 is 27.4 Å². The summed E-state index contributed by atoms with van der Waals surface area (Å²) in [7, 11) is -3.62. The largest absolute Gasteiger partial charge is 0.395 e. The number of aliphatic hydroxyl groups excluding tert-OH is 1. The highest BCUT2D eigenvalue weighted by Gasteiger charge is 2.22. The van der Waals surface area contributed by atoms with E-state index in [0.717, 1.165) is 0 Å². The number of hydrogen-bond donors (Lipinski definition) is 3. The zero-order chi connectivity index (χ0) is 15.9. The van der Waals surface area contributed by atoms with Gasteiger partial charge in [0.15, 0.2) is 9.84 Å². The summed E-state index contributed by atoms with van der Waals surface area (Å²) in [5, 5.41) is 17.1. The van der Waals surface area contributed by atoms with E-state index in [1.807, 2.05) is 0 Å². The van der Waals surface area contributed by atoms with Crippen LogP contribution >= 0.6 is 0 Å². The fourth-order valence-electron chi connectivity index (χ4n) is 1.58. The maximum absolute atomic E-state index is 12.1. The molecule has 0 aliphatic heterocycles. The molecule has 0 radical (unpaired) electrons. The first-order valence-electron chi connectivity index (χ1n) is 6.27. The van der Waals surface area contributed by atoms with Crippen molar-refractivity contribution in [1.29, 1.82) is 0 Å². The highest BCUT2D eigenvalue weighted by atomic mass is 32.2. The topological polar surface area (TPSA) is 104 Å². The predicted octanol–water partition coefficient (Wildman–Crippen LogP) is 0.336. The molecule has 1 rings (SSSR count). The molecule has 0 aliphatic rings. The van der Waals surface area contributed by atoms with Gasteiger partial charge >= 0.3 is 0 Å². The number of rotatable bonds is 5. The van der Waals surface area contributed by atoms with Crippen LogP contribution < -0.4 is 5.48 Å². The van der Waals surface area contributed by atoms with E-state index in [0.29, 0.717) is 12.0 Å². The summed E-state index contributed by atoms with van der Waals surface area (Å²) >= 11 is 0. The molecule has 0 bridgehead atoms. The third-order valence-corrected chi connectivity index (χ3v) is 4.64. The van der Waals surface area contributed by atoms with Gasteiger partial charge in [-0.1, -0.05) is 18.8 Å². The molecule has 1 unspecified atom stereocenters. The number of carbonyl (C=O) groups excluding carboxylic acids is 1. The molecule has 1 atom stereocenters. The molecule has 6 nitrogen and oxygen atoms in total. The van der Waals surface area contributed by atoms with Crippen molar-refractivity contribution in [2.75, 3.05) is 12.4 Å². The summed E-state index contributed by atoms with van der Waals surface area (Å²) in [6.45, 7) is 1.39. The number of carbonyl (C=O) groups is 1. The van der Waals surface area contributed by atoms with Crippen molar-refractivity contribution in [2.45, 2.75) is 18.2 Å². The van der Waals surface area contributed by atoms with Gasteiger partial charge in [0.05, 0.1) is 23.2 Å². The first-order chi connectivity index (χ1) is 9.90. The first-order valence-corrected chi connectivity index (χ1v) is 7.92. The van der Waals surface area contributed by atoms with Crippen molar-refractivity contribution >= 4 is 15.7 Å². The number of amides is 1. The Morgan fingerprint density at radius 3 is 2.48 bits per heavy atom. The van der Waals surface area contributed by atoms with Gasteiger partial charge in [0.2, 0.25) is 5.91 Å². The average molecular weight is 311 g/mol. The standard InChI is InChI=1S/C14H17NO5S/c1-11(14(17)15-18)10-21(19,20)13-7-5-12(6-8-13)4-2-3-9-16/h5-8,11,16,18H,3,9-10H2,1H3,(H,15,17). The van der Waals surface area contributed by atoms with Crippen LogP contribution in [0, 0.1) is 17.8 Å². The molecule has 7 heteroatoms. The molecule has 0 aromatic heterocycles. The number of benzene rings is 1. The summed E-state index contributed by atoms with van der Waals surface area (Å²) in [5.74, 6) is 3.53. The number of aliphatic hydroxyl groups is 1. The van der Waals surface area contributed by atoms with Crippen molar-refractivity contribution in [1.82, 2.24) is 5.48 Å². The molecule has 1 aromatic carbocycles. The summed E-state index contributed by atoms with van der Waals surface area (Å²) in [5.41, 5.74) is 2.08. The fourth-order valence-corrected chi connectivity index (χ4v) is 3.13. The van der Waals surface area contributed by atoms with Crippen LogP contribution in [0.1, 0.15) is 18.9 Å². The molecular weight excluding hydrogens is 294 g/mol. The van der Waals surface area contributed by atoms with Crippen molar-refractivity contribution in [3.05, 3.63) is 29.8 Å². The van der Waals surface area contributed by atoms with Gasteiger partial charge in [-0.3, -0.25) is 10.0 Å². The molecule has 114 valence electrons. The van der Waals surface area contributed by atoms with Gasteiger partial charge in [0, 0.05) is 12.0 Å². The number of sulfone groups is 1. The molecule has 0 spiro atoms. The smallest absolute Gasteiger partial charge is 0.247 e. The van der Waals surface area contributed by atoms with E-state index in [2.05, 4.69) is 11.8 Å². The lowest BCUT2D eigenvalue weighted by Crippen LogP contribution is -2.30. The Hall–Kier alpha value is -1.88. The van der Waals surface area contributed by atoms with Crippen molar-refractivity contribution in [3.63, 3.8) is 0 Å². The summed E-state index contributed by atoms with van der Waals surface area (Å²) in [6.07, 6.45) is 0.355. The minimum Gasteiger partial charge on any atom is -0.395 e. The van der Waals surface area contributed by atoms with E-state index in [1.165, 1.54) is 24.5 Å². The van der Waals surface area contributed by atoms with Gasteiger partial charge in [-0.15, -0.1) is 0 Å². The molecular formula is C14H17NO5S. The Bertz CT molecular complexity index is 640. The van der Waals surface area contributed by atoms with Crippen LogP contribution in [0.3, 0.4) is 0 Å². The monoisotopic (exact) mass is 311 g/mol. The fraction of sp³-hybridized carbons (Fsp3) is 0.357. The number of nitrogens with one attached hydrogen (secondary N) is 1. The second kappa shape index (κ2) is 7.78. The van der Waals surface area contributed by atoms with Crippen LogP contribution in [0.4, 0.5) is 0 Å². The lowest BCUT2D eigenvalue weighted by atomic mass is 10.2. The molecule has 1 aromatic rings. The number of hydroxylamine groups is 1. The van der Waals surface area contributed by atoms with E-state index in [4.69, 9.17) is 10.3 Å². The van der Waals surface area contributed by atoms with E-state index >= 15 is 0 Å². The lowest BCUT2D eigenvalue weighted by Gasteiger charge is -2.10. The van der Waals surface area contributed by atoms with Gasteiger partial charge in [-0.25, -0.2) is 13.9 Å². The van der Waals surface area contributed by atoms with E-state index in [-0.39, 0.29) is 11.5 Å². The Morgan fingerprint density at radius 1 is 1.33 bits per heavy atom. The van der Waals surface area contributed by atoms with Crippen LogP contribution in [-0.4, -0.2) is 37.0 Å². The van der Waals surface area contributed by atoms with E-state index in [9.17, 15) is 13.2 Å². The molecule has 0 saturated heterocycles. The van der Waals surface area contributed by atoms with Gasteiger partial charge in [0.25, 0.3) is 0 Å². The van der Waals surface area contributed by atoms with Crippen LogP contribution in [-0.2, 0) is 14.6 Å². The minimum absolute atomic E-state index is 0.0235. The summed E-state index contributed by atoms with van der Waals surface area (Å²) < 4.78 is 24.2. The Kier molecular flexibility index (Phi) is 6.37. The van der Waals surface area contributed by atoms with E-state index in [1.54, 1.807) is 12.1 Å². The third kappa shape index (κ3) is 5.19. The van der Waals surface area contributed by atoms with Crippen molar-refractivity contribution < 1.29 is 23.5 Å². The van der Waals surface area contributed by atoms with Crippen LogP contribution in [0.25, 0.3) is 0 Å². The van der Waals surface area contributed by atoms with Crippen LogP contribution in [0.15, 0.2) is 29.2 Å². The third-order valence-electron chi connectivity index (χ3n) is 2.71. The van der Waals surface area contributed by atoms with Gasteiger partial charge < -0.3 is 5.11 Å². The molecule has 0 fully saturated rings.